The van der Waals surface area contributed by atoms with Crippen LogP contribution in [-0.2, 0) is 11.3 Å². The molecule has 6 heteroatoms. The molecule has 0 saturated carbocycles. The lowest BCUT2D eigenvalue weighted by Crippen LogP contribution is -2.46. The summed E-state index contributed by atoms with van der Waals surface area (Å²) in [4.78, 5) is 16.7. The fourth-order valence-corrected chi connectivity index (χ4v) is 3.07. The van der Waals surface area contributed by atoms with E-state index < -0.39 is 0 Å². The Morgan fingerprint density at radius 1 is 1.00 bits per heavy atom. The van der Waals surface area contributed by atoms with Crippen molar-refractivity contribution in [3.8, 4) is 5.75 Å². The Morgan fingerprint density at radius 3 is 2.37 bits per heavy atom. The van der Waals surface area contributed by atoms with Crippen LogP contribution in [0.15, 0.2) is 59.7 Å². The standard InChI is InChI=1S/C21H26N4O2/c26-20-8-6-18(7-9-20)16-22-23-21(27)10-11-24-12-14-25(15-13-24)17-19-4-2-1-3-5-19/h1-9,16,26H,10-15,17H2,(H,23,27). The largest absolute Gasteiger partial charge is 0.508 e. The lowest BCUT2D eigenvalue weighted by Gasteiger charge is -2.34. The molecule has 142 valence electrons. The number of hydrogen-bond donors (Lipinski definition) is 2. The highest BCUT2D eigenvalue weighted by atomic mass is 16.3. The highest BCUT2D eigenvalue weighted by Crippen LogP contribution is 2.09. The minimum absolute atomic E-state index is 0.0863. The van der Waals surface area contributed by atoms with Gasteiger partial charge in [0.05, 0.1) is 6.21 Å². The highest BCUT2D eigenvalue weighted by molar-refractivity contribution is 5.82. The predicted octanol–water partition coefficient (Wildman–Crippen LogP) is 2.05. The number of nitrogens with zero attached hydrogens (tertiary/aromatic N) is 3. The first-order valence-electron chi connectivity index (χ1n) is 9.28. The van der Waals surface area contributed by atoms with E-state index in [1.54, 1.807) is 30.5 Å². The van der Waals surface area contributed by atoms with Gasteiger partial charge in [-0.15, -0.1) is 0 Å². The zero-order valence-electron chi connectivity index (χ0n) is 15.4. The first kappa shape index (κ1) is 19.1. The Hall–Kier alpha value is -2.70. The number of hydrazone groups is 1. The zero-order chi connectivity index (χ0) is 18.9. The van der Waals surface area contributed by atoms with Gasteiger partial charge in [-0.25, -0.2) is 5.43 Å². The van der Waals surface area contributed by atoms with Crippen LogP contribution in [-0.4, -0.2) is 59.8 Å². The van der Waals surface area contributed by atoms with E-state index in [4.69, 9.17) is 0 Å². The van der Waals surface area contributed by atoms with Crippen molar-refractivity contribution in [2.45, 2.75) is 13.0 Å². The molecule has 2 N–H and O–H groups in total. The monoisotopic (exact) mass is 366 g/mol. The van der Waals surface area contributed by atoms with Crippen LogP contribution in [0.25, 0.3) is 0 Å². The predicted molar refractivity (Wildman–Crippen MR) is 107 cm³/mol. The molecular weight excluding hydrogens is 340 g/mol. The molecule has 1 aliphatic rings. The lowest BCUT2D eigenvalue weighted by molar-refractivity contribution is -0.121. The van der Waals surface area contributed by atoms with Gasteiger partial charge in [0.1, 0.15) is 5.75 Å². The van der Waals surface area contributed by atoms with Gasteiger partial charge in [0, 0.05) is 45.7 Å². The molecule has 3 rings (SSSR count). The van der Waals surface area contributed by atoms with Gasteiger partial charge in [-0.3, -0.25) is 9.69 Å². The molecule has 0 bridgehead atoms. The lowest BCUT2D eigenvalue weighted by atomic mass is 10.2. The smallest absolute Gasteiger partial charge is 0.241 e. The summed E-state index contributed by atoms with van der Waals surface area (Å²) >= 11 is 0. The molecule has 0 unspecified atom stereocenters. The van der Waals surface area contributed by atoms with E-state index in [0.29, 0.717) is 6.42 Å². The number of rotatable bonds is 7. The summed E-state index contributed by atoms with van der Waals surface area (Å²) in [5.74, 6) is 0.122. The third-order valence-corrected chi connectivity index (χ3v) is 4.66. The topological polar surface area (TPSA) is 68.2 Å². The number of phenols is 1. The Kier molecular flexibility index (Phi) is 6.96. The summed E-state index contributed by atoms with van der Waals surface area (Å²) in [7, 11) is 0. The van der Waals surface area contributed by atoms with Crippen LogP contribution in [0.5, 0.6) is 5.75 Å². The molecule has 0 atom stereocenters. The van der Waals surface area contributed by atoms with E-state index in [1.165, 1.54) is 5.56 Å². The van der Waals surface area contributed by atoms with E-state index in [1.807, 2.05) is 6.07 Å². The molecule has 2 aromatic rings. The average Bonchev–Trinajstić information content (AvgIpc) is 2.70. The number of amides is 1. The van der Waals surface area contributed by atoms with Crippen LogP contribution >= 0.6 is 0 Å². The van der Waals surface area contributed by atoms with Crippen LogP contribution < -0.4 is 5.43 Å². The fraction of sp³-hybridized carbons (Fsp3) is 0.333. The maximum Gasteiger partial charge on any atom is 0.241 e. The Balaban J connectivity index is 1.32. The van der Waals surface area contributed by atoms with Crippen molar-refractivity contribution in [3.63, 3.8) is 0 Å². The maximum absolute atomic E-state index is 11.9. The summed E-state index contributed by atoms with van der Waals surface area (Å²) in [6.45, 7) is 5.75. The molecule has 0 aliphatic carbocycles. The first-order chi connectivity index (χ1) is 13.2. The highest BCUT2D eigenvalue weighted by Gasteiger charge is 2.17. The van der Waals surface area contributed by atoms with Gasteiger partial charge >= 0.3 is 0 Å². The zero-order valence-corrected chi connectivity index (χ0v) is 15.4. The van der Waals surface area contributed by atoms with Gasteiger partial charge in [-0.05, 0) is 35.4 Å². The number of nitrogens with one attached hydrogen (secondary N) is 1. The van der Waals surface area contributed by atoms with Crippen LogP contribution in [0.1, 0.15) is 17.5 Å². The van der Waals surface area contributed by atoms with Gasteiger partial charge in [-0.1, -0.05) is 30.3 Å². The summed E-state index contributed by atoms with van der Waals surface area (Å²) in [6.07, 6.45) is 2.01. The van der Waals surface area contributed by atoms with Crippen molar-refractivity contribution in [1.29, 1.82) is 0 Å². The Bertz CT molecular complexity index is 739. The number of phenolic OH excluding ortho intramolecular Hbond substituents is 1. The van der Waals surface area contributed by atoms with Crippen LogP contribution in [0.3, 0.4) is 0 Å². The van der Waals surface area contributed by atoms with Crippen LogP contribution in [0.2, 0.25) is 0 Å². The second kappa shape index (κ2) is 9.85. The molecule has 6 nitrogen and oxygen atoms in total. The molecule has 27 heavy (non-hydrogen) atoms. The molecule has 1 amide bonds. The number of carbonyl (C=O) groups is 1. The molecule has 1 saturated heterocycles. The molecule has 0 aromatic heterocycles. The molecule has 0 radical (unpaired) electrons. The second-order valence-electron chi connectivity index (χ2n) is 6.74. The third kappa shape index (κ3) is 6.51. The second-order valence-corrected chi connectivity index (χ2v) is 6.74. The van der Waals surface area contributed by atoms with Crippen molar-refractivity contribution in [2.75, 3.05) is 32.7 Å². The van der Waals surface area contributed by atoms with Crippen LogP contribution in [0, 0.1) is 0 Å². The summed E-state index contributed by atoms with van der Waals surface area (Å²) in [5, 5.41) is 13.2. The van der Waals surface area contributed by atoms with Crippen LogP contribution in [0.4, 0.5) is 0 Å². The minimum atomic E-state index is -0.0863. The molecule has 2 aromatic carbocycles. The number of piperazine rings is 1. The van der Waals surface area contributed by atoms with E-state index in [0.717, 1.165) is 44.8 Å². The number of aromatic hydroxyl groups is 1. The average molecular weight is 366 g/mol. The van der Waals surface area contributed by atoms with E-state index in [2.05, 4.69) is 44.6 Å². The van der Waals surface area contributed by atoms with Gasteiger partial charge in [0.25, 0.3) is 0 Å². The fourth-order valence-electron chi connectivity index (χ4n) is 3.07. The first-order valence-corrected chi connectivity index (χ1v) is 9.28. The molecular formula is C21H26N4O2. The Morgan fingerprint density at radius 2 is 1.67 bits per heavy atom. The third-order valence-electron chi connectivity index (χ3n) is 4.66. The minimum Gasteiger partial charge on any atom is -0.508 e. The maximum atomic E-state index is 11.9. The quantitative estimate of drug-likeness (QED) is 0.581. The SMILES string of the molecule is O=C(CCN1CCN(Cc2ccccc2)CC1)NN=Cc1ccc(O)cc1. The molecule has 1 aliphatic heterocycles. The van der Waals surface area contributed by atoms with Gasteiger partial charge in [0.2, 0.25) is 5.91 Å². The summed E-state index contributed by atoms with van der Waals surface area (Å²) in [5.41, 5.74) is 4.72. The van der Waals surface area contributed by atoms with Crippen molar-refractivity contribution in [2.24, 2.45) is 5.10 Å². The molecule has 1 fully saturated rings. The Labute approximate surface area is 160 Å². The summed E-state index contributed by atoms with van der Waals surface area (Å²) < 4.78 is 0. The number of benzene rings is 2. The number of hydrogen-bond acceptors (Lipinski definition) is 5. The van der Waals surface area contributed by atoms with Gasteiger partial charge in [-0.2, -0.15) is 5.10 Å². The molecule has 1 heterocycles. The normalized spacial score (nSPS) is 15.9. The van der Waals surface area contributed by atoms with Crippen molar-refractivity contribution in [1.82, 2.24) is 15.2 Å². The summed E-state index contributed by atoms with van der Waals surface area (Å²) in [6, 6.07) is 17.2. The van der Waals surface area contributed by atoms with E-state index >= 15 is 0 Å². The van der Waals surface area contributed by atoms with E-state index in [-0.39, 0.29) is 11.7 Å². The van der Waals surface area contributed by atoms with Gasteiger partial charge < -0.3 is 10.0 Å². The van der Waals surface area contributed by atoms with E-state index in [9.17, 15) is 9.90 Å². The van der Waals surface area contributed by atoms with Gasteiger partial charge in [0.15, 0.2) is 0 Å². The number of carbonyl (C=O) groups excluding carboxylic acids is 1. The van der Waals surface area contributed by atoms with Crippen molar-refractivity contribution in [3.05, 3.63) is 65.7 Å². The van der Waals surface area contributed by atoms with Crippen molar-refractivity contribution < 1.29 is 9.90 Å². The van der Waals surface area contributed by atoms with Crippen molar-refractivity contribution >= 4 is 12.1 Å². The molecule has 0 spiro atoms.